The van der Waals surface area contributed by atoms with E-state index in [4.69, 9.17) is 10.5 Å². The Kier molecular flexibility index (Phi) is 9.49. The molecule has 0 fully saturated rings. The minimum Gasteiger partial charge on any atom is -0.453 e. The SMILES string of the molecule is CCCCSC(=Nc1ccc(C(=O)c2ccc(C)cc2)c(Cc2cccc(N)c2)c1)NC(=O)OC. The fraction of sp³-hybridized carbons (Fsp3) is 0.250. The third-order valence-electron chi connectivity index (χ3n) is 5.35. The first kappa shape index (κ1) is 26.0. The number of rotatable bonds is 8. The van der Waals surface area contributed by atoms with Crippen molar-refractivity contribution >= 4 is 40.2 Å². The highest BCUT2D eigenvalue weighted by Crippen LogP contribution is 2.26. The zero-order chi connectivity index (χ0) is 25.2. The van der Waals surface area contributed by atoms with Crippen LogP contribution in [0.25, 0.3) is 0 Å². The van der Waals surface area contributed by atoms with E-state index in [-0.39, 0.29) is 5.78 Å². The number of hydrogen-bond acceptors (Lipinski definition) is 6. The zero-order valence-electron chi connectivity index (χ0n) is 20.3. The summed E-state index contributed by atoms with van der Waals surface area (Å²) in [5.41, 5.74) is 11.4. The van der Waals surface area contributed by atoms with Gasteiger partial charge in [0, 0.05) is 22.6 Å². The van der Waals surface area contributed by atoms with Gasteiger partial charge in [-0.3, -0.25) is 10.1 Å². The largest absolute Gasteiger partial charge is 0.453 e. The Labute approximate surface area is 211 Å². The van der Waals surface area contributed by atoms with E-state index in [9.17, 15) is 9.59 Å². The summed E-state index contributed by atoms with van der Waals surface area (Å²) < 4.78 is 4.75. The average molecular weight is 490 g/mol. The quantitative estimate of drug-likeness (QED) is 0.128. The molecule has 0 aliphatic heterocycles. The minimum absolute atomic E-state index is 0.0512. The van der Waals surface area contributed by atoms with Crippen LogP contribution < -0.4 is 11.1 Å². The van der Waals surface area contributed by atoms with E-state index < -0.39 is 6.09 Å². The van der Waals surface area contributed by atoms with E-state index in [1.165, 1.54) is 18.9 Å². The number of methoxy groups -OCH3 is 1. The minimum atomic E-state index is -0.570. The van der Waals surface area contributed by atoms with E-state index in [1.54, 1.807) is 12.1 Å². The maximum Gasteiger partial charge on any atom is 0.412 e. The molecule has 7 heteroatoms. The maximum atomic E-state index is 13.4. The Morgan fingerprint density at radius 1 is 1.06 bits per heavy atom. The average Bonchev–Trinajstić information content (AvgIpc) is 2.84. The van der Waals surface area contributed by atoms with E-state index in [0.717, 1.165) is 35.3 Å². The molecule has 6 nitrogen and oxygen atoms in total. The van der Waals surface area contributed by atoms with Gasteiger partial charge in [-0.05, 0) is 61.2 Å². The molecule has 3 N–H and O–H groups in total. The van der Waals surface area contributed by atoms with Crippen molar-refractivity contribution in [3.05, 3.63) is 94.5 Å². The van der Waals surface area contributed by atoms with Crippen molar-refractivity contribution in [1.29, 1.82) is 0 Å². The molecule has 182 valence electrons. The second-order valence-corrected chi connectivity index (χ2v) is 9.28. The maximum absolute atomic E-state index is 13.4. The third-order valence-corrected chi connectivity index (χ3v) is 6.31. The number of carbonyl (C=O) groups excluding carboxylic acids is 2. The number of aliphatic imine (C=N–C) groups is 1. The molecule has 3 aromatic carbocycles. The first-order chi connectivity index (χ1) is 16.9. The molecule has 0 saturated heterocycles. The summed E-state index contributed by atoms with van der Waals surface area (Å²) in [5, 5.41) is 3.14. The monoisotopic (exact) mass is 489 g/mol. The number of thioether (sulfide) groups is 1. The molecule has 0 heterocycles. The molecule has 0 radical (unpaired) electrons. The van der Waals surface area contributed by atoms with Crippen LogP contribution in [0.5, 0.6) is 0 Å². The molecule has 0 bridgehead atoms. The molecule has 0 saturated carbocycles. The number of anilines is 1. The van der Waals surface area contributed by atoms with Crippen molar-refractivity contribution in [2.24, 2.45) is 4.99 Å². The second kappa shape index (κ2) is 12.8. The standard InChI is InChI=1S/C28H31N3O3S/c1-4-5-15-35-27(31-28(33)34-3)30-24-13-14-25(26(32)21-11-9-19(2)10-12-21)22(18-24)16-20-7-6-8-23(29)17-20/h6-14,17-18H,4-5,15-16,29H2,1-3H3,(H,30,31,33). The Balaban J connectivity index is 2.01. The lowest BCUT2D eigenvalue weighted by Crippen LogP contribution is -2.28. The normalized spacial score (nSPS) is 11.2. The highest BCUT2D eigenvalue weighted by Gasteiger charge is 2.16. The molecule has 3 aromatic rings. The summed E-state index contributed by atoms with van der Waals surface area (Å²) in [6.07, 6.45) is 1.99. The summed E-state index contributed by atoms with van der Waals surface area (Å²) in [6.45, 7) is 4.10. The summed E-state index contributed by atoms with van der Waals surface area (Å²) >= 11 is 1.46. The third kappa shape index (κ3) is 7.72. The van der Waals surface area contributed by atoms with Crippen LogP contribution in [0.2, 0.25) is 0 Å². The van der Waals surface area contributed by atoms with Crippen LogP contribution in [-0.4, -0.2) is 29.9 Å². The number of unbranched alkanes of at least 4 members (excludes halogenated alkanes) is 1. The van der Waals surface area contributed by atoms with Crippen LogP contribution in [0.3, 0.4) is 0 Å². The fourth-order valence-electron chi connectivity index (χ4n) is 3.47. The lowest BCUT2D eigenvalue weighted by atomic mass is 9.93. The lowest BCUT2D eigenvalue weighted by Gasteiger charge is -2.12. The molecule has 0 aliphatic rings. The number of aryl methyl sites for hydroxylation is 1. The molecular weight excluding hydrogens is 458 g/mol. The summed E-state index contributed by atoms with van der Waals surface area (Å²) in [6, 6.07) is 20.7. The van der Waals surface area contributed by atoms with E-state index >= 15 is 0 Å². The van der Waals surface area contributed by atoms with Gasteiger partial charge in [-0.2, -0.15) is 0 Å². The van der Waals surface area contributed by atoms with Crippen molar-refractivity contribution in [1.82, 2.24) is 5.32 Å². The number of amides is 1. The van der Waals surface area contributed by atoms with E-state index in [0.29, 0.717) is 34.1 Å². The topological polar surface area (TPSA) is 93.8 Å². The Morgan fingerprint density at radius 2 is 1.83 bits per heavy atom. The number of nitrogens with zero attached hydrogens (tertiary/aromatic N) is 1. The van der Waals surface area contributed by atoms with Crippen molar-refractivity contribution in [2.75, 3.05) is 18.6 Å². The number of ether oxygens (including phenoxy) is 1. The Hall–Kier alpha value is -3.58. The van der Waals surface area contributed by atoms with Crippen molar-refractivity contribution < 1.29 is 14.3 Å². The van der Waals surface area contributed by atoms with Gasteiger partial charge < -0.3 is 10.5 Å². The molecule has 0 aliphatic carbocycles. The van der Waals surface area contributed by atoms with Gasteiger partial charge in [-0.15, -0.1) is 0 Å². The lowest BCUT2D eigenvalue weighted by molar-refractivity contribution is 0.103. The van der Waals surface area contributed by atoms with Crippen LogP contribution >= 0.6 is 11.8 Å². The molecule has 3 rings (SSSR count). The van der Waals surface area contributed by atoms with E-state index in [1.807, 2.05) is 61.5 Å². The predicted octanol–water partition coefficient (Wildman–Crippen LogP) is 6.28. The van der Waals surface area contributed by atoms with Gasteiger partial charge in [0.2, 0.25) is 0 Å². The zero-order valence-corrected chi connectivity index (χ0v) is 21.2. The van der Waals surface area contributed by atoms with Crippen LogP contribution in [0.4, 0.5) is 16.2 Å². The number of nitrogens with two attached hydrogens (primary N) is 1. The smallest absolute Gasteiger partial charge is 0.412 e. The molecule has 35 heavy (non-hydrogen) atoms. The number of benzene rings is 3. The Morgan fingerprint density at radius 3 is 2.51 bits per heavy atom. The van der Waals surface area contributed by atoms with Crippen molar-refractivity contribution in [3.8, 4) is 0 Å². The fourth-order valence-corrected chi connectivity index (χ4v) is 4.42. The summed E-state index contributed by atoms with van der Waals surface area (Å²) in [5.74, 6) is 0.768. The van der Waals surface area contributed by atoms with Gasteiger partial charge in [0.25, 0.3) is 0 Å². The first-order valence-electron chi connectivity index (χ1n) is 11.5. The highest BCUT2D eigenvalue weighted by atomic mass is 32.2. The number of hydrogen-bond donors (Lipinski definition) is 2. The van der Waals surface area contributed by atoms with Crippen LogP contribution in [-0.2, 0) is 11.2 Å². The van der Waals surface area contributed by atoms with E-state index in [2.05, 4.69) is 17.2 Å². The van der Waals surface area contributed by atoms with Gasteiger partial charge in [-0.25, -0.2) is 9.79 Å². The number of amidine groups is 1. The number of ketones is 1. The van der Waals surface area contributed by atoms with Gasteiger partial charge in [-0.1, -0.05) is 67.1 Å². The van der Waals surface area contributed by atoms with Crippen molar-refractivity contribution in [3.63, 3.8) is 0 Å². The van der Waals surface area contributed by atoms with Gasteiger partial charge in [0.05, 0.1) is 12.8 Å². The summed E-state index contributed by atoms with van der Waals surface area (Å²) in [7, 11) is 1.32. The molecular formula is C28H31N3O3S. The molecule has 0 unspecified atom stereocenters. The van der Waals surface area contributed by atoms with Gasteiger partial charge in [0.15, 0.2) is 11.0 Å². The van der Waals surface area contributed by atoms with Crippen LogP contribution in [0.1, 0.15) is 52.4 Å². The van der Waals surface area contributed by atoms with Gasteiger partial charge >= 0.3 is 6.09 Å². The summed E-state index contributed by atoms with van der Waals surface area (Å²) in [4.78, 5) is 29.9. The highest BCUT2D eigenvalue weighted by molar-refractivity contribution is 8.13. The van der Waals surface area contributed by atoms with Crippen molar-refractivity contribution in [2.45, 2.75) is 33.1 Å². The molecule has 1 amide bonds. The van der Waals surface area contributed by atoms with Crippen LogP contribution in [0.15, 0.2) is 71.7 Å². The molecule has 0 aromatic heterocycles. The number of nitrogen functional groups attached to an aromatic ring is 1. The van der Waals surface area contributed by atoms with Crippen LogP contribution in [0, 0.1) is 6.92 Å². The predicted molar refractivity (Wildman–Crippen MR) is 145 cm³/mol. The molecule has 0 atom stereocenters. The number of carbonyl (C=O) groups is 2. The second-order valence-electron chi connectivity index (χ2n) is 8.19. The molecule has 0 spiro atoms. The number of nitrogens with one attached hydrogen (secondary N) is 1. The Bertz CT molecular complexity index is 1210. The number of alkyl carbamates (subject to hydrolysis) is 1. The first-order valence-corrected chi connectivity index (χ1v) is 12.5. The van der Waals surface area contributed by atoms with Gasteiger partial charge in [0.1, 0.15) is 0 Å².